The van der Waals surface area contributed by atoms with Crippen LogP contribution in [0.5, 0.6) is 0 Å². The molecule has 0 bridgehead atoms. The van der Waals surface area contributed by atoms with Gasteiger partial charge in [-0.25, -0.2) is 0 Å². The molecule has 0 aliphatic rings. The number of thiophene rings is 3. The molecule has 0 saturated carbocycles. The van der Waals surface area contributed by atoms with E-state index in [2.05, 4.69) is 459 Å². The third-order valence-electron chi connectivity index (χ3n) is 25.9. The Balaban J connectivity index is 0.578. The summed E-state index contributed by atoms with van der Waals surface area (Å²) in [4.78, 5) is 4.85. The van der Waals surface area contributed by atoms with Crippen LogP contribution in [0.15, 0.2) is 465 Å². The van der Waals surface area contributed by atoms with E-state index in [4.69, 9.17) is 4.42 Å². The van der Waals surface area contributed by atoms with Crippen LogP contribution in [0.2, 0.25) is 0 Å². The Labute approximate surface area is 752 Å². The molecule has 128 heavy (non-hydrogen) atoms. The van der Waals surface area contributed by atoms with Gasteiger partial charge in [0.25, 0.3) is 0 Å². The molecule has 25 aromatic rings. The molecule has 0 saturated heterocycles. The van der Waals surface area contributed by atoms with Gasteiger partial charge < -0.3 is 14.2 Å². The molecule has 0 aliphatic heterocycles. The molecule has 0 unspecified atom stereocenters. The van der Waals surface area contributed by atoms with E-state index < -0.39 is 0 Å². The molecule has 0 aliphatic carbocycles. The minimum absolute atomic E-state index is 0.888. The van der Waals surface area contributed by atoms with Gasteiger partial charge in [-0.3, -0.25) is 0 Å². The van der Waals surface area contributed by atoms with Gasteiger partial charge >= 0.3 is 0 Å². The van der Waals surface area contributed by atoms with E-state index >= 15 is 0 Å². The summed E-state index contributed by atoms with van der Waals surface area (Å²) in [5.41, 5.74) is 31.4. The zero-order valence-electron chi connectivity index (χ0n) is 69.4. The van der Waals surface area contributed by atoms with Crippen LogP contribution in [-0.2, 0) is 0 Å². The molecule has 3 nitrogen and oxygen atoms in total. The Bertz CT molecular complexity index is 8720. The maximum Gasteiger partial charge on any atom is 0.135 e. The first-order chi connectivity index (χ1) is 63.4. The Morgan fingerprint density at radius 1 is 0.164 bits per heavy atom. The molecule has 0 radical (unpaired) electrons. The summed E-state index contributed by atoms with van der Waals surface area (Å²) in [6, 6.07) is 171. The summed E-state index contributed by atoms with van der Waals surface area (Å²) in [5, 5.41) is 14.8. The van der Waals surface area contributed by atoms with Crippen molar-refractivity contribution >= 4 is 172 Å². The first-order valence-electron chi connectivity index (χ1n) is 43.6. The molecule has 0 atom stereocenters. The maximum atomic E-state index is 6.27. The van der Waals surface area contributed by atoms with Crippen molar-refractivity contribution in [3.05, 3.63) is 461 Å². The second kappa shape index (κ2) is 31.2. The predicted octanol–water partition coefficient (Wildman–Crippen LogP) is 36.6. The van der Waals surface area contributed by atoms with Crippen molar-refractivity contribution in [3.8, 4) is 111 Å². The van der Waals surface area contributed by atoms with Crippen LogP contribution in [-0.4, -0.2) is 0 Å². The van der Waals surface area contributed by atoms with E-state index in [1.807, 2.05) is 46.1 Å². The van der Waals surface area contributed by atoms with Gasteiger partial charge in [-0.15, -0.1) is 34.0 Å². The SMILES string of the molecule is c1cc(-c2cccc(N(c3ccc(-c4ccc5sc6ccccc6c5c4)cc3)c3ccc(-c4ccc(-c5ccc(-c6cccc(-c7cccc(N(c8ccc(-c9ccc%10oc%11ccccc%11c%10c9)cc8)c8ccccc8-c8ccc9ccccc9c8)c7)c6)c6sc7ccccc7c56)cc4-c4ccc5ccccc5c4)cc3)c2)cc(-c2cccc3c2sc2ccccc23)c1. The highest BCUT2D eigenvalue weighted by atomic mass is 32.1. The number of furan rings is 1. The summed E-state index contributed by atoms with van der Waals surface area (Å²) in [7, 11) is 0. The highest BCUT2D eigenvalue weighted by Gasteiger charge is 2.25. The van der Waals surface area contributed by atoms with E-state index in [0.717, 1.165) is 134 Å². The Kier molecular flexibility index (Phi) is 18.2. The van der Waals surface area contributed by atoms with Gasteiger partial charge in [0, 0.05) is 105 Å². The van der Waals surface area contributed by atoms with E-state index in [1.165, 1.54) is 115 Å². The van der Waals surface area contributed by atoms with Gasteiger partial charge in [0.1, 0.15) is 11.2 Å². The number of para-hydroxylation sites is 2. The molecule has 0 fully saturated rings. The second-order valence-corrected chi connectivity index (χ2v) is 36.5. The quantitative estimate of drug-likeness (QED) is 0.0961. The Morgan fingerprint density at radius 3 is 1.23 bits per heavy atom. The number of anilines is 6. The van der Waals surface area contributed by atoms with Crippen LogP contribution < -0.4 is 9.80 Å². The van der Waals surface area contributed by atoms with Crippen LogP contribution >= 0.6 is 34.0 Å². The van der Waals surface area contributed by atoms with Crippen molar-refractivity contribution in [2.45, 2.75) is 0 Å². The monoisotopic (exact) mass is 1680 g/mol. The van der Waals surface area contributed by atoms with Crippen LogP contribution in [0.3, 0.4) is 0 Å². The van der Waals surface area contributed by atoms with E-state index in [9.17, 15) is 0 Å². The third kappa shape index (κ3) is 13.2. The van der Waals surface area contributed by atoms with E-state index in [-0.39, 0.29) is 0 Å². The molecule has 4 heterocycles. The average molecular weight is 1680 g/mol. The van der Waals surface area contributed by atoms with Crippen molar-refractivity contribution in [2.75, 3.05) is 9.80 Å². The van der Waals surface area contributed by atoms with Crippen molar-refractivity contribution in [2.24, 2.45) is 0 Å². The zero-order valence-corrected chi connectivity index (χ0v) is 71.9. The summed E-state index contributed by atoms with van der Waals surface area (Å²) in [6.45, 7) is 0. The first-order valence-corrected chi connectivity index (χ1v) is 46.1. The summed E-state index contributed by atoms with van der Waals surface area (Å²) >= 11 is 5.62. The third-order valence-corrected chi connectivity index (χ3v) is 29.4. The van der Waals surface area contributed by atoms with Gasteiger partial charge in [0.05, 0.1) is 5.69 Å². The van der Waals surface area contributed by atoms with E-state index in [1.54, 1.807) is 0 Å². The lowest BCUT2D eigenvalue weighted by Crippen LogP contribution is -2.11. The Morgan fingerprint density at radius 2 is 0.562 bits per heavy atom. The molecule has 0 N–H and O–H groups in total. The molecular formula is C122H76N2OS3. The van der Waals surface area contributed by atoms with Crippen molar-refractivity contribution in [3.63, 3.8) is 0 Å². The highest BCUT2D eigenvalue weighted by molar-refractivity contribution is 7.27. The van der Waals surface area contributed by atoms with Crippen molar-refractivity contribution in [1.29, 1.82) is 0 Å². The lowest BCUT2D eigenvalue weighted by atomic mass is 9.88. The maximum absolute atomic E-state index is 6.27. The van der Waals surface area contributed by atoms with Crippen LogP contribution in [0.25, 0.3) is 215 Å². The lowest BCUT2D eigenvalue weighted by Gasteiger charge is -2.28. The van der Waals surface area contributed by atoms with Gasteiger partial charge in [-0.2, -0.15) is 0 Å². The molecule has 0 spiro atoms. The minimum atomic E-state index is 0.888. The number of nitrogens with zero attached hydrogens (tertiary/aromatic N) is 2. The number of rotatable bonds is 16. The lowest BCUT2D eigenvalue weighted by molar-refractivity contribution is 0.669. The van der Waals surface area contributed by atoms with Gasteiger partial charge in [-0.05, 0) is 273 Å². The fourth-order valence-corrected chi connectivity index (χ4v) is 23.2. The fourth-order valence-electron chi connectivity index (χ4n) is 19.6. The molecule has 21 aromatic carbocycles. The standard InChI is InChI=1S/C122H76N2OS3/c1-3-22-82-68-92(46-44-77(82)20-1)101-32-5-10-39-113(101)124(97-59-50-79(51-60-97)88-55-66-115-111(74-88)105-33-6-11-40-114(105)125-115)99-31-18-27-87(73-99)85-25-16-29-91(71-85)104-65-64-102(120-109-36-9-14-43-118(109)128-122(104)120)94-54-63-100(110(76-94)93-47-45-78-21-2-4-23-83(78)69-93)81-52-61-96(62-53-81)123(95-57-48-80(49-58-95)89-56-67-119-112(75-89)107-35-8-12-41-116(107)126-119)98-30-17-26-86(72-98)84-24-15-28-90(70-84)103-37-19-38-108-106-34-7-13-42-117(106)127-121(103)108/h1-76H. The van der Waals surface area contributed by atoms with Crippen molar-refractivity contribution < 1.29 is 4.42 Å². The van der Waals surface area contributed by atoms with Gasteiger partial charge in [0.2, 0.25) is 0 Å². The summed E-state index contributed by atoms with van der Waals surface area (Å²) < 4.78 is 14.0. The molecule has 598 valence electrons. The molecule has 4 aromatic heterocycles. The second-order valence-electron chi connectivity index (χ2n) is 33.3. The summed E-state index contributed by atoms with van der Waals surface area (Å²) in [5.74, 6) is 0. The molecule has 6 heteroatoms. The smallest absolute Gasteiger partial charge is 0.135 e. The highest BCUT2D eigenvalue weighted by Crippen LogP contribution is 2.51. The van der Waals surface area contributed by atoms with E-state index in [0.29, 0.717) is 0 Å². The molecule has 25 rings (SSSR count). The normalized spacial score (nSPS) is 11.8. The predicted molar refractivity (Wildman–Crippen MR) is 551 cm³/mol. The van der Waals surface area contributed by atoms with Gasteiger partial charge in [0.15, 0.2) is 0 Å². The number of hydrogen-bond acceptors (Lipinski definition) is 6. The summed E-state index contributed by atoms with van der Waals surface area (Å²) in [6.07, 6.45) is 0. The van der Waals surface area contributed by atoms with Crippen molar-refractivity contribution in [1.82, 2.24) is 0 Å². The largest absolute Gasteiger partial charge is 0.456 e. The molecular weight excluding hydrogens is 1610 g/mol. The van der Waals surface area contributed by atoms with Crippen LogP contribution in [0.1, 0.15) is 0 Å². The zero-order chi connectivity index (χ0) is 84.3. The Hall–Kier alpha value is -15.8. The molecule has 0 amide bonds. The first kappa shape index (κ1) is 74.8. The fraction of sp³-hybridized carbons (Fsp3) is 0. The number of fused-ring (bicyclic) bond motifs is 14. The minimum Gasteiger partial charge on any atom is -0.456 e. The topological polar surface area (TPSA) is 19.6 Å². The van der Waals surface area contributed by atoms with Crippen LogP contribution in [0.4, 0.5) is 34.1 Å². The van der Waals surface area contributed by atoms with Gasteiger partial charge in [-0.1, -0.05) is 315 Å². The average Bonchev–Trinajstić information content (AvgIpc) is 1.55. The number of hydrogen-bond donors (Lipinski definition) is 0. The van der Waals surface area contributed by atoms with Crippen LogP contribution in [0, 0.1) is 0 Å². The number of benzene rings is 21.